The van der Waals surface area contributed by atoms with E-state index in [9.17, 15) is 9.90 Å². The van der Waals surface area contributed by atoms with E-state index in [0.717, 1.165) is 42.6 Å². The van der Waals surface area contributed by atoms with Crippen LogP contribution in [0.2, 0.25) is 0 Å². The van der Waals surface area contributed by atoms with Crippen LogP contribution in [0.4, 0.5) is 0 Å². The smallest absolute Gasteiger partial charge is 0.335 e. The molecule has 0 saturated carbocycles. The molecule has 0 bridgehead atoms. The minimum atomic E-state index is -0.972. The zero-order valence-electron chi connectivity index (χ0n) is 20.4. The molecular formula is C27H35N3O3. The van der Waals surface area contributed by atoms with Crippen LogP contribution >= 0.6 is 0 Å². The Morgan fingerprint density at radius 1 is 1.03 bits per heavy atom. The number of carboxylic acid groups (broad SMARTS) is 1. The van der Waals surface area contributed by atoms with Crippen LogP contribution in [0.3, 0.4) is 0 Å². The fraction of sp³-hybridized carbons (Fsp3) is 0.519. The Morgan fingerprint density at radius 3 is 2.39 bits per heavy atom. The highest BCUT2D eigenvalue weighted by Gasteiger charge is 2.38. The number of hydrogen-bond acceptors (Lipinski definition) is 4. The highest BCUT2D eigenvalue weighted by molar-refractivity contribution is 5.92. The molecule has 1 N–H and O–H groups in total. The predicted octanol–water partition coefficient (Wildman–Crippen LogP) is 6.43. The molecule has 0 atom stereocenters. The number of aromatic carboxylic acids is 1. The van der Waals surface area contributed by atoms with Gasteiger partial charge in [-0.25, -0.2) is 9.48 Å². The molecule has 0 fully saturated rings. The highest BCUT2D eigenvalue weighted by Crippen LogP contribution is 2.48. The lowest BCUT2D eigenvalue weighted by molar-refractivity contribution is 0.0697. The molecule has 4 rings (SSSR count). The molecule has 33 heavy (non-hydrogen) atoms. The van der Waals surface area contributed by atoms with Gasteiger partial charge in [0.1, 0.15) is 17.0 Å². The van der Waals surface area contributed by atoms with Gasteiger partial charge in [-0.05, 0) is 71.6 Å². The molecule has 0 amide bonds. The zero-order chi connectivity index (χ0) is 23.8. The lowest BCUT2D eigenvalue weighted by Crippen LogP contribution is -2.34. The van der Waals surface area contributed by atoms with Crippen LogP contribution in [-0.4, -0.2) is 32.7 Å². The van der Waals surface area contributed by atoms with Gasteiger partial charge in [0, 0.05) is 0 Å². The average Bonchev–Trinajstić information content (AvgIpc) is 3.19. The van der Waals surface area contributed by atoms with E-state index in [4.69, 9.17) is 4.74 Å². The van der Waals surface area contributed by atoms with Gasteiger partial charge in [-0.15, -0.1) is 5.10 Å². The van der Waals surface area contributed by atoms with E-state index in [-0.39, 0.29) is 16.4 Å². The molecule has 0 spiro atoms. The summed E-state index contributed by atoms with van der Waals surface area (Å²) in [6.07, 6.45) is 6.81. The topological polar surface area (TPSA) is 77.2 Å². The third-order valence-corrected chi connectivity index (χ3v) is 7.11. The lowest BCUT2D eigenvalue weighted by Gasteiger charge is -2.42. The van der Waals surface area contributed by atoms with Crippen molar-refractivity contribution in [1.82, 2.24) is 15.0 Å². The summed E-state index contributed by atoms with van der Waals surface area (Å²) in [5.41, 5.74) is 5.17. The maximum atomic E-state index is 11.4. The molecule has 3 aromatic rings. The number of nitrogens with zero attached hydrogens (tertiary/aromatic N) is 3. The van der Waals surface area contributed by atoms with Crippen LogP contribution in [-0.2, 0) is 10.8 Å². The second-order valence-electron chi connectivity index (χ2n) is 10.6. The highest BCUT2D eigenvalue weighted by atomic mass is 16.5. The molecular weight excluding hydrogens is 414 g/mol. The van der Waals surface area contributed by atoms with Gasteiger partial charge in [0.05, 0.1) is 17.7 Å². The number of benzene rings is 2. The summed E-state index contributed by atoms with van der Waals surface area (Å²) in [4.78, 5) is 11.4. The molecule has 2 aromatic carbocycles. The number of ether oxygens (including phenoxy) is 1. The molecule has 1 aromatic heterocycles. The van der Waals surface area contributed by atoms with Crippen molar-refractivity contribution in [3.63, 3.8) is 0 Å². The first-order valence-electron chi connectivity index (χ1n) is 12.0. The Kier molecular flexibility index (Phi) is 6.21. The molecule has 6 heteroatoms. The number of rotatable bonds is 8. The third-order valence-electron chi connectivity index (χ3n) is 7.11. The third kappa shape index (κ3) is 4.48. The summed E-state index contributed by atoms with van der Waals surface area (Å²) in [6.45, 7) is 12.1. The van der Waals surface area contributed by atoms with Crippen LogP contribution in [0.5, 0.6) is 5.75 Å². The maximum Gasteiger partial charge on any atom is 0.335 e. The standard InChI is InChI=1S/C27H35N3O3/c1-6-7-8-9-14-33-24-17-20-19(26(2,3)12-13-27(20,4)5)16-23(24)30-22-11-10-18(25(31)32)15-21(22)28-29-30/h10-11,15-17H,6-9,12-14H2,1-5H3,(H,31,32). The molecule has 1 aliphatic carbocycles. The van der Waals surface area contributed by atoms with Crippen LogP contribution in [0, 0.1) is 0 Å². The SMILES string of the molecule is CCCCCCOc1cc2c(cc1-n1nnc3cc(C(=O)O)ccc31)C(C)(C)CCC2(C)C. The zero-order valence-corrected chi connectivity index (χ0v) is 20.4. The van der Waals surface area contributed by atoms with Crippen LogP contribution in [0.25, 0.3) is 16.7 Å². The van der Waals surface area contributed by atoms with Gasteiger partial charge in [-0.1, -0.05) is 59.1 Å². The minimum Gasteiger partial charge on any atom is -0.491 e. The first-order chi connectivity index (χ1) is 15.6. The molecule has 1 aliphatic rings. The number of hydrogen-bond donors (Lipinski definition) is 1. The maximum absolute atomic E-state index is 11.4. The Balaban J connectivity index is 1.83. The first-order valence-corrected chi connectivity index (χ1v) is 12.0. The molecule has 6 nitrogen and oxygen atoms in total. The molecule has 0 saturated heterocycles. The predicted molar refractivity (Wildman–Crippen MR) is 131 cm³/mol. The lowest BCUT2D eigenvalue weighted by atomic mass is 9.63. The quantitative estimate of drug-likeness (QED) is 0.401. The van der Waals surface area contributed by atoms with E-state index in [1.807, 2.05) is 0 Å². The number of carboxylic acids is 1. The van der Waals surface area contributed by atoms with Crippen molar-refractivity contribution in [3.05, 3.63) is 47.0 Å². The Bertz CT molecular complexity index is 1180. The summed E-state index contributed by atoms with van der Waals surface area (Å²) in [7, 11) is 0. The van der Waals surface area contributed by atoms with E-state index in [2.05, 4.69) is 57.1 Å². The fourth-order valence-corrected chi connectivity index (χ4v) is 4.81. The van der Waals surface area contributed by atoms with Gasteiger partial charge in [0.2, 0.25) is 0 Å². The van der Waals surface area contributed by atoms with Crippen LogP contribution in [0.1, 0.15) is 94.6 Å². The average molecular weight is 450 g/mol. The summed E-state index contributed by atoms with van der Waals surface area (Å²) >= 11 is 0. The van der Waals surface area contributed by atoms with Crippen LogP contribution < -0.4 is 4.74 Å². The Morgan fingerprint density at radius 2 is 1.73 bits per heavy atom. The van der Waals surface area contributed by atoms with E-state index in [1.54, 1.807) is 22.9 Å². The van der Waals surface area contributed by atoms with Crippen molar-refractivity contribution in [3.8, 4) is 11.4 Å². The van der Waals surface area contributed by atoms with Gasteiger partial charge in [-0.3, -0.25) is 0 Å². The largest absolute Gasteiger partial charge is 0.491 e. The van der Waals surface area contributed by atoms with E-state index in [1.165, 1.54) is 24.0 Å². The van der Waals surface area contributed by atoms with Crippen molar-refractivity contribution < 1.29 is 14.6 Å². The van der Waals surface area contributed by atoms with Gasteiger partial charge in [-0.2, -0.15) is 0 Å². The molecule has 176 valence electrons. The minimum absolute atomic E-state index is 0.0477. The van der Waals surface area contributed by atoms with Crippen LogP contribution in [0.15, 0.2) is 30.3 Å². The van der Waals surface area contributed by atoms with Crippen molar-refractivity contribution >= 4 is 17.0 Å². The second-order valence-corrected chi connectivity index (χ2v) is 10.6. The van der Waals surface area contributed by atoms with Crippen molar-refractivity contribution in [2.24, 2.45) is 0 Å². The number of fused-ring (bicyclic) bond motifs is 2. The van der Waals surface area contributed by atoms with Crippen molar-refractivity contribution in [2.45, 2.75) is 84.0 Å². The first kappa shape index (κ1) is 23.3. The fourth-order valence-electron chi connectivity index (χ4n) is 4.81. The van der Waals surface area contributed by atoms with Crippen molar-refractivity contribution in [2.75, 3.05) is 6.61 Å². The molecule has 0 aliphatic heterocycles. The molecule has 0 radical (unpaired) electrons. The van der Waals surface area contributed by atoms with Gasteiger partial charge in [0.25, 0.3) is 0 Å². The van der Waals surface area contributed by atoms with Gasteiger partial charge < -0.3 is 9.84 Å². The van der Waals surface area contributed by atoms with Gasteiger partial charge in [0.15, 0.2) is 0 Å². The summed E-state index contributed by atoms with van der Waals surface area (Å²) in [5.74, 6) is -0.162. The Hall–Kier alpha value is -2.89. The monoisotopic (exact) mass is 449 g/mol. The molecule has 1 heterocycles. The van der Waals surface area contributed by atoms with Crippen molar-refractivity contribution in [1.29, 1.82) is 0 Å². The normalized spacial score (nSPS) is 16.5. The molecule has 0 unspecified atom stereocenters. The summed E-state index contributed by atoms with van der Waals surface area (Å²) < 4.78 is 8.16. The Labute approximate surface area is 196 Å². The van der Waals surface area contributed by atoms with E-state index < -0.39 is 5.97 Å². The number of unbranched alkanes of at least 4 members (excludes halogenated alkanes) is 3. The summed E-state index contributed by atoms with van der Waals surface area (Å²) in [6, 6.07) is 9.37. The number of aromatic nitrogens is 3. The summed E-state index contributed by atoms with van der Waals surface area (Å²) in [5, 5.41) is 18.0. The van der Waals surface area contributed by atoms with E-state index in [0.29, 0.717) is 12.1 Å². The number of carbonyl (C=O) groups is 1. The van der Waals surface area contributed by atoms with E-state index >= 15 is 0 Å². The second kappa shape index (κ2) is 8.81. The van der Waals surface area contributed by atoms with Gasteiger partial charge >= 0.3 is 5.97 Å².